The third-order valence-electron chi connectivity index (χ3n) is 3.51. The van der Waals surface area contributed by atoms with Crippen LogP contribution in [0.5, 0.6) is 0 Å². The second kappa shape index (κ2) is 10.3. The molecule has 2 aliphatic rings. The van der Waals surface area contributed by atoms with Crippen molar-refractivity contribution in [3.8, 4) is 0 Å². The largest absolute Gasteiger partial charge is 2.00 e. The molecule has 2 N–H and O–H groups in total. The van der Waals surface area contributed by atoms with Crippen molar-refractivity contribution in [3.05, 3.63) is 0 Å². The maximum Gasteiger partial charge on any atom is 2.00 e. The van der Waals surface area contributed by atoms with E-state index in [4.69, 9.17) is 10.2 Å². The van der Waals surface area contributed by atoms with Crippen LogP contribution in [0.15, 0.2) is 0 Å². The molecule has 2 amide bonds. The number of hydrogen-bond donors (Lipinski definition) is 2. The summed E-state index contributed by atoms with van der Waals surface area (Å²) in [5, 5.41) is 37.7. The number of hydrogen-bond acceptors (Lipinski definition) is 8. The molecule has 0 saturated carbocycles. The molecule has 0 aliphatic carbocycles. The Morgan fingerprint density at radius 3 is 1.39 bits per heavy atom. The van der Waals surface area contributed by atoms with Crippen molar-refractivity contribution in [2.24, 2.45) is 0 Å². The zero-order valence-corrected chi connectivity index (χ0v) is 16.8. The van der Waals surface area contributed by atoms with Crippen LogP contribution in [-0.2, 0) is 19.2 Å². The SMILES string of the molecule is O=C([O-])[C@@H]1CCC(=O)N1CO.O=C([O-])[C@@H]1CCC(=O)N1CO.[Ba+2]. The standard InChI is InChI=1S/2C6H9NO4.Ba/c2*8-3-7-4(6(10)11)1-2-5(7)9;/h2*4,8H,1-3H2,(H,10,11);/q;;+2/p-2/t2*4-;/m00./s1. The van der Waals surface area contributed by atoms with E-state index < -0.39 is 37.5 Å². The zero-order valence-electron chi connectivity index (χ0n) is 12.3. The number of likely N-dealkylation sites (tertiary alicyclic amines) is 2. The number of aliphatic hydroxyl groups is 2. The van der Waals surface area contributed by atoms with Crippen molar-refractivity contribution in [1.82, 2.24) is 9.80 Å². The molecule has 23 heavy (non-hydrogen) atoms. The molecule has 0 aromatic heterocycles. The Morgan fingerprint density at radius 2 is 1.22 bits per heavy atom. The second-order valence-electron chi connectivity index (χ2n) is 4.76. The van der Waals surface area contributed by atoms with E-state index in [1.54, 1.807) is 0 Å². The van der Waals surface area contributed by atoms with E-state index in [1.165, 1.54) is 0 Å². The minimum Gasteiger partial charge on any atom is -0.548 e. The molecule has 0 spiro atoms. The normalized spacial score (nSPS) is 23.2. The molecule has 2 saturated heterocycles. The number of carbonyl (C=O) groups excluding carboxylic acids is 4. The van der Waals surface area contributed by atoms with E-state index >= 15 is 0 Å². The zero-order chi connectivity index (χ0) is 16.9. The number of carboxylic acids is 2. The number of aliphatic carboxylic acids is 2. The molecule has 0 unspecified atom stereocenters. The van der Waals surface area contributed by atoms with Crippen LogP contribution < -0.4 is 10.2 Å². The molecule has 0 aromatic carbocycles. The van der Waals surface area contributed by atoms with Gasteiger partial charge in [-0.15, -0.1) is 0 Å². The monoisotopic (exact) mass is 454 g/mol. The maximum atomic E-state index is 10.8. The fraction of sp³-hybridized carbons (Fsp3) is 0.667. The fourth-order valence-corrected chi connectivity index (χ4v) is 2.31. The molecular formula is C12H16BaN2O8. The van der Waals surface area contributed by atoms with Gasteiger partial charge >= 0.3 is 48.9 Å². The first kappa shape index (κ1) is 22.4. The average Bonchev–Trinajstić information content (AvgIpc) is 3.01. The summed E-state index contributed by atoms with van der Waals surface area (Å²) in [7, 11) is 0. The smallest absolute Gasteiger partial charge is 0.548 e. The van der Waals surface area contributed by atoms with Crippen molar-refractivity contribution >= 4 is 72.6 Å². The van der Waals surface area contributed by atoms with Crippen molar-refractivity contribution in [3.63, 3.8) is 0 Å². The molecular weight excluding hydrogens is 437 g/mol. The van der Waals surface area contributed by atoms with Gasteiger partial charge in [0.25, 0.3) is 0 Å². The summed E-state index contributed by atoms with van der Waals surface area (Å²) in [4.78, 5) is 44.0. The summed E-state index contributed by atoms with van der Waals surface area (Å²) < 4.78 is 0. The van der Waals surface area contributed by atoms with Crippen LogP contribution in [0.3, 0.4) is 0 Å². The van der Waals surface area contributed by atoms with Gasteiger partial charge in [0.1, 0.15) is 13.5 Å². The van der Waals surface area contributed by atoms with E-state index in [9.17, 15) is 29.4 Å². The van der Waals surface area contributed by atoms with E-state index in [2.05, 4.69) is 0 Å². The summed E-state index contributed by atoms with van der Waals surface area (Å²) in [6.07, 6.45) is 0.835. The van der Waals surface area contributed by atoms with Crippen LogP contribution in [0.2, 0.25) is 0 Å². The summed E-state index contributed by atoms with van der Waals surface area (Å²) in [5.41, 5.74) is 0. The van der Waals surface area contributed by atoms with Gasteiger partial charge in [0.05, 0.1) is 24.0 Å². The Morgan fingerprint density at radius 1 is 0.913 bits per heavy atom. The first-order valence-electron chi connectivity index (χ1n) is 6.55. The van der Waals surface area contributed by atoms with Crippen molar-refractivity contribution in [1.29, 1.82) is 0 Å². The first-order valence-corrected chi connectivity index (χ1v) is 6.55. The summed E-state index contributed by atoms with van der Waals surface area (Å²) in [5.74, 6) is -3.27. The molecule has 2 aliphatic heterocycles. The van der Waals surface area contributed by atoms with Crippen LogP contribution in [0.25, 0.3) is 0 Å². The third-order valence-corrected chi connectivity index (χ3v) is 3.51. The van der Waals surface area contributed by atoms with Crippen LogP contribution in [-0.4, -0.2) is 118 Å². The van der Waals surface area contributed by atoms with Gasteiger partial charge in [-0.3, -0.25) is 9.59 Å². The minimum absolute atomic E-state index is 0. The fourth-order valence-electron chi connectivity index (χ4n) is 2.31. The van der Waals surface area contributed by atoms with Crippen LogP contribution in [0.1, 0.15) is 25.7 Å². The maximum absolute atomic E-state index is 10.8. The van der Waals surface area contributed by atoms with Gasteiger partial charge in [-0.05, 0) is 12.8 Å². The number of aliphatic hydroxyl groups excluding tert-OH is 2. The van der Waals surface area contributed by atoms with Gasteiger partial charge in [-0.1, -0.05) is 0 Å². The Balaban J connectivity index is 0.000000403. The van der Waals surface area contributed by atoms with E-state index in [-0.39, 0.29) is 86.4 Å². The van der Waals surface area contributed by atoms with Gasteiger partial charge < -0.3 is 39.8 Å². The van der Waals surface area contributed by atoms with Crippen molar-refractivity contribution in [2.75, 3.05) is 13.5 Å². The number of carboxylic acid groups (broad SMARTS) is 2. The van der Waals surface area contributed by atoms with E-state index in [0.29, 0.717) is 0 Å². The van der Waals surface area contributed by atoms with Crippen molar-refractivity contribution < 1.29 is 39.6 Å². The number of amides is 2. The molecule has 0 radical (unpaired) electrons. The molecule has 0 aromatic rings. The minimum atomic E-state index is -1.30. The van der Waals surface area contributed by atoms with Crippen molar-refractivity contribution in [2.45, 2.75) is 37.8 Å². The number of rotatable bonds is 4. The van der Waals surface area contributed by atoms with Crippen LogP contribution >= 0.6 is 0 Å². The quantitative estimate of drug-likeness (QED) is 0.400. The Bertz CT molecular complexity index is 430. The predicted octanol–water partition coefficient (Wildman–Crippen LogP) is -5.03. The van der Waals surface area contributed by atoms with E-state index in [1.807, 2.05) is 0 Å². The Labute approximate surface area is 172 Å². The van der Waals surface area contributed by atoms with Gasteiger partial charge in [0.2, 0.25) is 11.8 Å². The van der Waals surface area contributed by atoms with E-state index in [0.717, 1.165) is 9.80 Å². The summed E-state index contributed by atoms with van der Waals surface area (Å²) >= 11 is 0. The molecule has 2 heterocycles. The Hall–Kier alpha value is -0.629. The molecule has 11 heteroatoms. The van der Waals surface area contributed by atoms with Gasteiger partial charge in [0, 0.05) is 12.8 Å². The molecule has 124 valence electrons. The van der Waals surface area contributed by atoms with Crippen LogP contribution in [0.4, 0.5) is 0 Å². The van der Waals surface area contributed by atoms with Gasteiger partial charge in [0.15, 0.2) is 0 Å². The molecule has 10 nitrogen and oxygen atoms in total. The Kier molecular flexibility index (Phi) is 10.00. The summed E-state index contributed by atoms with van der Waals surface area (Å²) in [6, 6.07) is -1.88. The molecule has 2 atom stereocenters. The van der Waals surface area contributed by atoms with Gasteiger partial charge in [-0.25, -0.2) is 0 Å². The molecule has 2 fully saturated rings. The third kappa shape index (κ3) is 5.74. The molecule has 0 bridgehead atoms. The molecule has 2 rings (SSSR count). The first-order chi connectivity index (χ1) is 10.3. The second-order valence-corrected chi connectivity index (χ2v) is 4.76. The van der Waals surface area contributed by atoms with Crippen LogP contribution in [0, 0.1) is 0 Å². The summed E-state index contributed by atoms with van der Waals surface area (Å²) in [6.45, 7) is -1.09. The predicted molar refractivity (Wildman–Crippen MR) is 69.7 cm³/mol. The number of nitrogens with zero attached hydrogens (tertiary/aromatic N) is 2. The average molecular weight is 454 g/mol. The topological polar surface area (TPSA) is 161 Å². The number of carbonyl (C=O) groups is 4. The van der Waals surface area contributed by atoms with Gasteiger partial charge in [-0.2, -0.15) is 0 Å².